The van der Waals surface area contributed by atoms with E-state index in [0.717, 1.165) is 34.3 Å². The second-order valence-corrected chi connectivity index (χ2v) is 8.29. The summed E-state index contributed by atoms with van der Waals surface area (Å²) in [5.74, 6) is -1.87. The normalized spacial score (nSPS) is 17.0. The molecule has 1 aliphatic heterocycles. The Kier molecular flexibility index (Phi) is 5.84. The molecule has 0 saturated carbocycles. The number of halogens is 2. The Morgan fingerprint density at radius 2 is 1.79 bits per heavy atom. The number of aromatic nitrogens is 3. The molecule has 176 valence electrons. The first-order chi connectivity index (χ1) is 16.3. The van der Waals surface area contributed by atoms with Gasteiger partial charge in [0.15, 0.2) is 11.6 Å². The molecule has 34 heavy (non-hydrogen) atoms. The van der Waals surface area contributed by atoms with Crippen LogP contribution in [0.3, 0.4) is 0 Å². The van der Waals surface area contributed by atoms with Gasteiger partial charge in [-0.1, -0.05) is 6.07 Å². The summed E-state index contributed by atoms with van der Waals surface area (Å²) in [5.41, 5.74) is 4.33. The Hall–Kier alpha value is -3.28. The molecule has 0 radical (unpaired) electrons. The fourth-order valence-corrected chi connectivity index (χ4v) is 4.35. The lowest BCUT2D eigenvalue weighted by atomic mass is 10.0. The highest BCUT2D eigenvalue weighted by atomic mass is 19.2. The van der Waals surface area contributed by atoms with Crippen LogP contribution in [0.2, 0.25) is 0 Å². The van der Waals surface area contributed by atoms with Crippen molar-refractivity contribution in [3.05, 3.63) is 78.3 Å². The van der Waals surface area contributed by atoms with Crippen molar-refractivity contribution in [1.29, 1.82) is 0 Å². The highest BCUT2D eigenvalue weighted by Crippen LogP contribution is 2.35. The average Bonchev–Trinajstić information content (AvgIpc) is 3.38. The number of hydrogen-bond donors (Lipinski definition) is 3. The van der Waals surface area contributed by atoms with Crippen molar-refractivity contribution in [3.63, 3.8) is 0 Å². The van der Waals surface area contributed by atoms with E-state index in [1.807, 2.05) is 30.5 Å². The zero-order valence-corrected chi connectivity index (χ0v) is 18.0. The van der Waals surface area contributed by atoms with Crippen LogP contribution in [0.15, 0.2) is 61.1 Å². The molecule has 3 aromatic heterocycles. The van der Waals surface area contributed by atoms with Gasteiger partial charge in [-0.05, 0) is 53.9 Å². The van der Waals surface area contributed by atoms with Gasteiger partial charge in [-0.15, -0.1) is 0 Å². The van der Waals surface area contributed by atoms with Crippen LogP contribution in [0.5, 0.6) is 0 Å². The van der Waals surface area contributed by atoms with Gasteiger partial charge in [0.2, 0.25) is 0 Å². The average molecular weight is 468 g/mol. The SMILES string of the molecule is OC(O)(O)OC1CCN(Cc2ccc3c(-c4ccncc4)c(-c4ccc(F)c(F)c4)nn3c2)C1. The molecule has 0 aliphatic carbocycles. The maximum absolute atomic E-state index is 14.0. The van der Waals surface area contributed by atoms with Crippen LogP contribution >= 0.6 is 0 Å². The van der Waals surface area contributed by atoms with E-state index < -0.39 is 23.9 Å². The lowest BCUT2D eigenvalue weighted by molar-refractivity contribution is -0.464. The van der Waals surface area contributed by atoms with Gasteiger partial charge in [-0.2, -0.15) is 5.10 Å². The number of hydrogen-bond acceptors (Lipinski definition) is 7. The van der Waals surface area contributed by atoms with Crippen molar-refractivity contribution in [2.24, 2.45) is 0 Å². The third kappa shape index (κ3) is 4.67. The molecular formula is C24H22F2N4O4. The monoisotopic (exact) mass is 468 g/mol. The van der Waals surface area contributed by atoms with Gasteiger partial charge in [-0.25, -0.2) is 13.3 Å². The van der Waals surface area contributed by atoms with E-state index in [1.165, 1.54) is 6.07 Å². The lowest BCUT2D eigenvalue weighted by Gasteiger charge is -2.20. The van der Waals surface area contributed by atoms with E-state index in [4.69, 9.17) is 25.2 Å². The van der Waals surface area contributed by atoms with Gasteiger partial charge in [0.25, 0.3) is 0 Å². The maximum atomic E-state index is 14.0. The predicted octanol–water partition coefficient (Wildman–Crippen LogP) is 2.52. The van der Waals surface area contributed by atoms with Gasteiger partial charge in [0.05, 0.1) is 11.6 Å². The van der Waals surface area contributed by atoms with E-state index in [1.54, 1.807) is 16.9 Å². The number of pyridine rings is 2. The van der Waals surface area contributed by atoms with Crippen molar-refractivity contribution in [2.75, 3.05) is 13.1 Å². The molecule has 1 saturated heterocycles. The summed E-state index contributed by atoms with van der Waals surface area (Å²) >= 11 is 0. The van der Waals surface area contributed by atoms with Crippen molar-refractivity contribution in [3.8, 4) is 22.4 Å². The zero-order valence-electron chi connectivity index (χ0n) is 18.0. The zero-order chi connectivity index (χ0) is 23.9. The third-order valence-corrected chi connectivity index (χ3v) is 5.81. The summed E-state index contributed by atoms with van der Waals surface area (Å²) in [6.45, 7) is 1.62. The highest BCUT2D eigenvalue weighted by molar-refractivity contribution is 5.92. The molecule has 5 rings (SSSR count). The molecule has 0 spiro atoms. The second kappa shape index (κ2) is 8.82. The third-order valence-electron chi connectivity index (χ3n) is 5.81. The van der Waals surface area contributed by atoms with Crippen molar-refractivity contribution >= 4 is 5.52 Å². The molecule has 4 heterocycles. The smallest absolute Gasteiger partial charge is 0.319 e. The van der Waals surface area contributed by atoms with Crippen LogP contribution in [0.4, 0.5) is 8.78 Å². The Bertz CT molecular complexity index is 1320. The van der Waals surface area contributed by atoms with Crippen LogP contribution in [0.1, 0.15) is 12.0 Å². The molecule has 8 nitrogen and oxygen atoms in total. The van der Waals surface area contributed by atoms with E-state index in [2.05, 4.69) is 9.88 Å². The molecule has 1 fully saturated rings. The Morgan fingerprint density at radius 3 is 2.53 bits per heavy atom. The molecule has 4 aromatic rings. The highest BCUT2D eigenvalue weighted by Gasteiger charge is 2.31. The number of nitrogens with zero attached hydrogens (tertiary/aromatic N) is 4. The van der Waals surface area contributed by atoms with E-state index in [0.29, 0.717) is 37.3 Å². The molecule has 0 amide bonds. The summed E-state index contributed by atoms with van der Waals surface area (Å²) in [6, 6.07) is 11.3. The van der Waals surface area contributed by atoms with Crippen molar-refractivity contribution in [1.82, 2.24) is 19.5 Å². The number of fused-ring (bicyclic) bond motifs is 1. The first-order valence-corrected chi connectivity index (χ1v) is 10.7. The van der Waals surface area contributed by atoms with Gasteiger partial charge in [0, 0.05) is 49.4 Å². The molecule has 1 unspecified atom stereocenters. The Labute approximate surface area is 193 Å². The quantitative estimate of drug-likeness (QED) is 0.374. The summed E-state index contributed by atoms with van der Waals surface area (Å²) in [7, 11) is 0. The van der Waals surface area contributed by atoms with Crippen LogP contribution < -0.4 is 0 Å². The molecule has 0 bridgehead atoms. The van der Waals surface area contributed by atoms with Crippen LogP contribution in [0.25, 0.3) is 27.9 Å². The number of ether oxygens (including phenoxy) is 1. The predicted molar refractivity (Wildman–Crippen MR) is 118 cm³/mol. The molecule has 1 aliphatic rings. The first kappa shape index (κ1) is 22.5. The van der Waals surface area contributed by atoms with E-state index in [-0.39, 0.29) is 0 Å². The number of aliphatic hydroxyl groups is 3. The van der Waals surface area contributed by atoms with Crippen molar-refractivity contribution < 1.29 is 28.8 Å². The van der Waals surface area contributed by atoms with Gasteiger partial charge < -0.3 is 15.3 Å². The van der Waals surface area contributed by atoms with Crippen LogP contribution in [-0.2, 0) is 11.3 Å². The van der Waals surface area contributed by atoms with Crippen LogP contribution in [-0.4, -0.2) is 60.2 Å². The fourth-order valence-electron chi connectivity index (χ4n) is 4.35. The van der Waals surface area contributed by atoms with Crippen molar-refractivity contribution in [2.45, 2.75) is 25.2 Å². The number of likely N-dealkylation sites (tertiary alicyclic amines) is 1. The van der Waals surface area contributed by atoms with Crippen LogP contribution in [0, 0.1) is 11.6 Å². The fraction of sp³-hybridized carbons (Fsp3) is 0.250. The summed E-state index contributed by atoms with van der Waals surface area (Å²) in [4.78, 5) is 6.12. The Morgan fingerprint density at radius 1 is 1.00 bits per heavy atom. The lowest BCUT2D eigenvalue weighted by Crippen LogP contribution is -2.37. The topological polar surface area (TPSA) is 103 Å². The minimum atomic E-state index is -3.14. The molecule has 1 atom stereocenters. The first-order valence-electron chi connectivity index (χ1n) is 10.7. The van der Waals surface area contributed by atoms with E-state index >= 15 is 0 Å². The summed E-state index contributed by atoms with van der Waals surface area (Å²) in [5, 5.41) is 31.8. The molecule has 10 heteroatoms. The minimum absolute atomic E-state index is 0.420. The number of rotatable bonds is 6. The van der Waals surface area contributed by atoms with Gasteiger partial charge >= 0.3 is 6.16 Å². The Balaban J connectivity index is 1.49. The standard InChI is InChI=1S/C24H22F2N4O4/c25-19-3-2-17(11-20(19)26)23-22(16-5-8-27-9-6-16)21-4-1-15(13-30(21)28-23)12-29-10-7-18(14-29)34-24(31,32)33/h1-6,8-9,11,13,18,31-33H,7,10,12,14H2. The summed E-state index contributed by atoms with van der Waals surface area (Å²) in [6.07, 6.45) is 2.08. The van der Waals surface area contributed by atoms with Gasteiger partial charge in [-0.3, -0.25) is 14.6 Å². The molecule has 3 N–H and O–H groups in total. The van der Waals surface area contributed by atoms with E-state index in [9.17, 15) is 8.78 Å². The minimum Gasteiger partial charge on any atom is -0.319 e. The second-order valence-electron chi connectivity index (χ2n) is 8.29. The molecule has 1 aromatic carbocycles. The maximum Gasteiger partial charge on any atom is 0.405 e. The largest absolute Gasteiger partial charge is 0.405 e. The molecular weight excluding hydrogens is 446 g/mol. The number of benzene rings is 1. The summed E-state index contributed by atoms with van der Waals surface area (Å²) < 4.78 is 34.1. The van der Waals surface area contributed by atoms with Gasteiger partial charge in [0.1, 0.15) is 5.69 Å².